The lowest BCUT2D eigenvalue weighted by atomic mass is 9.96. The van der Waals surface area contributed by atoms with Gasteiger partial charge >= 0.3 is 5.97 Å². The first-order valence-corrected chi connectivity index (χ1v) is 12.0. The third-order valence-corrected chi connectivity index (χ3v) is 6.21. The highest BCUT2D eigenvalue weighted by Gasteiger charge is 2.45. The monoisotopic (exact) mass is 514 g/mol. The van der Waals surface area contributed by atoms with E-state index < -0.39 is 55.0 Å². The van der Waals surface area contributed by atoms with Gasteiger partial charge in [0.1, 0.15) is 24.4 Å². The smallest absolute Gasteiger partial charge is 0.331 e. The van der Waals surface area contributed by atoms with Crippen LogP contribution in [0.2, 0.25) is 0 Å². The number of carboxylic acids is 1. The molecule has 1 heterocycles. The summed E-state index contributed by atoms with van der Waals surface area (Å²) in [4.78, 5) is 10.8. The number of ether oxygens (including phenoxy) is 2. The topological polar surface area (TPSA) is 177 Å². The number of carbonyl (C=O) groups is 1. The maximum absolute atomic E-state index is 10.8. The molecule has 7 N–H and O–H groups in total. The third kappa shape index (κ3) is 10.2. The lowest BCUT2D eigenvalue weighted by Gasteiger charge is -2.42. The van der Waals surface area contributed by atoms with Crippen LogP contribution in [0, 0.1) is 0 Å². The van der Waals surface area contributed by atoms with Crippen LogP contribution in [0.4, 0.5) is 0 Å². The Hall–Kier alpha value is -1.89. The predicted octanol–water partition coefficient (Wildman–Crippen LogP) is 0.955. The van der Waals surface area contributed by atoms with E-state index in [-0.39, 0.29) is 12.2 Å². The largest absolute Gasteiger partial charge is 0.478 e. The number of hydrogen-bond donors (Lipinski definition) is 7. The third-order valence-electron chi connectivity index (χ3n) is 6.21. The van der Waals surface area contributed by atoms with Crippen molar-refractivity contribution in [2.45, 2.75) is 95.3 Å². The number of aliphatic hydroxyl groups excluding tert-OH is 6. The predicted molar refractivity (Wildman–Crippen MR) is 133 cm³/mol. The molecule has 0 unspecified atom stereocenters. The minimum Gasteiger partial charge on any atom is -0.478 e. The summed E-state index contributed by atoms with van der Waals surface area (Å²) in [5, 5.41) is 68.0. The molecule has 0 radical (unpaired) electrons. The molecule has 0 aromatic heterocycles. The Balaban J connectivity index is 2.65. The molecular formula is C26H42O10. The maximum atomic E-state index is 10.8. The second-order valence-electron chi connectivity index (χ2n) is 9.41. The highest BCUT2D eigenvalue weighted by Crippen LogP contribution is 2.29. The van der Waals surface area contributed by atoms with Crippen molar-refractivity contribution < 1.29 is 50.0 Å². The molecule has 10 nitrogen and oxygen atoms in total. The molecule has 1 rings (SSSR count). The van der Waals surface area contributed by atoms with Gasteiger partial charge in [-0.05, 0) is 64.5 Å². The van der Waals surface area contributed by atoms with Crippen molar-refractivity contribution in [1.29, 1.82) is 0 Å². The molecular weight excluding hydrogens is 472 g/mol. The van der Waals surface area contributed by atoms with E-state index in [0.29, 0.717) is 32.1 Å². The Bertz CT molecular complexity index is 803. The van der Waals surface area contributed by atoms with E-state index in [2.05, 4.69) is 6.58 Å². The van der Waals surface area contributed by atoms with Crippen molar-refractivity contribution in [3.05, 3.63) is 47.6 Å². The molecule has 0 amide bonds. The second kappa shape index (κ2) is 15.4. The van der Waals surface area contributed by atoms with Crippen LogP contribution >= 0.6 is 0 Å². The van der Waals surface area contributed by atoms with Gasteiger partial charge in [0.05, 0.1) is 24.9 Å². The van der Waals surface area contributed by atoms with Crippen molar-refractivity contribution >= 4 is 5.97 Å². The summed E-state index contributed by atoms with van der Waals surface area (Å²) in [6.07, 6.45) is 1.39. The van der Waals surface area contributed by atoms with Gasteiger partial charge in [-0.1, -0.05) is 23.8 Å². The molecule has 1 saturated heterocycles. The van der Waals surface area contributed by atoms with Gasteiger partial charge in [-0.15, -0.1) is 6.58 Å². The summed E-state index contributed by atoms with van der Waals surface area (Å²) in [5.41, 5.74) is 0.837. The van der Waals surface area contributed by atoms with Crippen LogP contribution in [0.25, 0.3) is 0 Å². The Labute approximate surface area is 212 Å². The lowest BCUT2D eigenvalue weighted by molar-refractivity contribution is -0.319. The molecule has 206 valence electrons. The number of hydrogen-bond acceptors (Lipinski definition) is 9. The van der Waals surface area contributed by atoms with E-state index in [9.17, 15) is 35.4 Å². The first kappa shape index (κ1) is 32.1. The number of aliphatic hydroxyl groups is 6. The second-order valence-corrected chi connectivity index (χ2v) is 9.41. The molecule has 0 saturated carbocycles. The zero-order chi connectivity index (χ0) is 27.5. The van der Waals surface area contributed by atoms with Crippen molar-refractivity contribution in [3.8, 4) is 0 Å². The average Bonchev–Trinajstić information content (AvgIpc) is 2.83. The van der Waals surface area contributed by atoms with Gasteiger partial charge in [-0.2, -0.15) is 0 Å². The molecule has 10 heteroatoms. The molecule has 0 aliphatic carbocycles. The minimum absolute atomic E-state index is 0.0860. The summed E-state index contributed by atoms with van der Waals surface area (Å²) in [6, 6.07) is 0. The van der Waals surface area contributed by atoms with Crippen molar-refractivity contribution in [2.24, 2.45) is 0 Å². The molecule has 36 heavy (non-hydrogen) atoms. The van der Waals surface area contributed by atoms with E-state index in [1.54, 1.807) is 13.0 Å². The fourth-order valence-electron chi connectivity index (χ4n) is 3.78. The number of aliphatic carboxylic acids is 1. The molecule has 0 bridgehead atoms. The Morgan fingerprint density at radius 3 is 2.33 bits per heavy atom. The Morgan fingerprint density at radius 2 is 1.78 bits per heavy atom. The van der Waals surface area contributed by atoms with Gasteiger partial charge in [0.25, 0.3) is 0 Å². The van der Waals surface area contributed by atoms with Crippen LogP contribution in [0.5, 0.6) is 0 Å². The molecule has 0 aromatic rings. The fourth-order valence-corrected chi connectivity index (χ4v) is 3.78. The highest BCUT2D eigenvalue weighted by molar-refractivity contribution is 5.85. The lowest BCUT2D eigenvalue weighted by Crippen LogP contribution is -2.60. The summed E-state index contributed by atoms with van der Waals surface area (Å²) >= 11 is 0. The van der Waals surface area contributed by atoms with Crippen molar-refractivity contribution in [2.75, 3.05) is 13.2 Å². The van der Waals surface area contributed by atoms with E-state index in [1.165, 1.54) is 13.0 Å². The molecule has 0 aromatic carbocycles. The van der Waals surface area contributed by atoms with Crippen molar-refractivity contribution in [1.82, 2.24) is 0 Å². The van der Waals surface area contributed by atoms with Crippen LogP contribution in [-0.2, 0) is 14.3 Å². The summed E-state index contributed by atoms with van der Waals surface area (Å²) < 4.78 is 11.3. The fraction of sp³-hybridized carbons (Fsp3) is 0.654. The van der Waals surface area contributed by atoms with Crippen LogP contribution in [0.1, 0.15) is 52.9 Å². The van der Waals surface area contributed by atoms with E-state index in [0.717, 1.165) is 11.1 Å². The van der Waals surface area contributed by atoms with E-state index >= 15 is 0 Å². The Kier molecular flexibility index (Phi) is 13.7. The van der Waals surface area contributed by atoms with Gasteiger partial charge in [0, 0.05) is 5.57 Å². The quantitative estimate of drug-likeness (QED) is 0.123. The zero-order valence-corrected chi connectivity index (χ0v) is 21.3. The first-order valence-electron chi connectivity index (χ1n) is 12.0. The standard InChI is InChI=1S/C26H42O10/c1-5-26(4,36-25-23(32)22(31)21(30)20(15-28)35-25)11-7-10-18(14-27)9-6-8-16(2)12-19(29)13-17(3)24(33)34/h5,8,10,13,19-23,25,27-32H,1,6-7,9,11-12,14-15H2,2-4H3,(H,33,34)/b16-8+,17-13+,18-10-/t19-,20-,21-,22+,23-,25+,26+/m1/s1. The Morgan fingerprint density at radius 1 is 1.11 bits per heavy atom. The van der Waals surface area contributed by atoms with Gasteiger partial charge in [0.15, 0.2) is 6.29 Å². The molecule has 0 spiro atoms. The first-order chi connectivity index (χ1) is 16.9. The SMILES string of the molecule is C=C[C@@](C)(CC/C=C(\CO)CC/C=C(\C)C[C@@H](O)/C=C(\C)C(=O)O)O[C@@H]1O[C@H](CO)[C@@H](O)[C@H](O)[C@H]1O. The van der Waals surface area contributed by atoms with E-state index in [4.69, 9.17) is 14.6 Å². The van der Waals surface area contributed by atoms with E-state index in [1.807, 2.05) is 19.1 Å². The van der Waals surface area contributed by atoms with Crippen LogP contribution in [0.15, 0.2) is 47.6 Å². The van der Waals surface area contributed by atoms with Crippen LogP contribution in [-0.4, -0.2) is 97.3 Å². The normalized spacial score (nSPS) is 28.5. The molecule has 1 aliphatic heterocycles. The number of rotatable bonds is 15. The average molecular weight is 515 g/mol. The maximum Gasteiger partial charge on any atom is 0.331 e. The molecule has 7 atom stereocenters. The summed E-state index contributed by atoms with van der Waals surface area (Å²) in [6.45, 7) is 8.10. The number of allylic oxidation sites excluding steroid dienone is 2. The number of carboxylic acid groups (broad SMARTS) is 1. The van der Waals surface area contributed by atoms with Crippen LogP contribution < -0.4 is 0 Å². The van der Waals surface area contributed by atoms with Crippen molar-refractivity contribution in [3.63, 3.8) is 0 Å². The summed E-state index contributed by atoms with van der Waals surface area (Å²) in [7, 11) is 0. The van der Waals surface area contributed by atoms with Gasteiger partial charge in [-0.25, -0.2) is 4.79 Å². The van der Waals surface area contributed by atoms with Gasteiger partial charge < -0.3 is 45.2 Å². The van der Waals surface area contributed by atoms with Gasteiger partial charge in [0.2, 0.25) is 0 Å². The molecule has 1 fully saturated rings. The molecule has 1 aliphatic rings. The summed E-state index contributed by atoms with van der Waals surface area (Å²) in [5.74, 6) is -1.07. The minimum atomic E-state index is -1.54. The zero-order valence-electron chi connectivity index (χ0n) is 21.3. The highest BCUT2D eigenvalue weighted by atomic mass is 16.7. The van der Waals surface area contributed by atoms with Crippen LogP contribution in [0.3, 0.4) is 0 Å². The van der Waals surface area contributed by atoms with Gasteiger partial charge in [-0.3, -0.25) is 0 Å².